The third-order valence-corrected chi connectivity index (χ3v) is 7.75. The third kappa shape index (κ3) is 4.35. The molecule has 33 heavy (non-hydrogen) atoms. The number of hydrogen-bond donors (Lipinski definition) is 0. The molecule has 4 aromatic rings. The fourth-order valence-electron chi connectivity index (χ4n) is 2.83. The van der Waals surface area contributed by atoms with E-state index in [1.54, 1.807) is 0 Å². The minimum atomic E-state index is -4.32. The van der Waals surface area contributed by atoms with Crippen LogP contribution in [0.4, 0.5) is 11.5 Å². The number of hydrogen-bond acceptors (Lipinski definition) is 9. The summed E-state index contributed by atoms with van der Waals surface area (Å²) in [6.07, 6.45) is 0. The van der Waals surface area contributed by atoms with Gasteiger partial charge in [0.05, 0.1) is 30.9 Å². The first-order valence-electron chi connectivity index (χ1n) is 8.75. The maximum absolute atomic E-state index is 13.5. The summed E-state index contributed by atoms with van der Waals surface area (Å²) in [6.45, 7) is 0. The number of benzene rings is 2. The van der Waals surface area contributed by atoms with Crippen LogP contribution in [0.5, 0.6) is 0 Å². The van der Waals surface area contributed by atoms with Gasteiger partial charge in [-0.05, 0) is 58.1 Å². The van der Waals surface area contributed by atoms with Gasteiger partial charge in [-0.2, -0.15) is 0 Å². The van der Waals surface area contributed by atoms with E-state index in [4.69, 9.17) is 23.2 Å². The molecule has 0 aliphatic heterocycles. The molecule has 0 bridgehead atoms. The number of non-ortho nitro benzene ring substituents is 1. The number of nitrogens with zero attached hydrogens (tertiary/aromatic N) is 5. The van der Waals surface area contributed by atoms with Crippen LogP contribution >= 0.6 is 35.0 Å². The molecule has 0 N–H and O–H groups in total. The van der Waals surface area contributed by atoms with Crippen molar-refractivity contribution in [3.8, 4) is 0 Å². The minimum absolute atomic E-state index is 0.0780. The normalized spacial score (nSPS) is 11.6. The number of rotatable bonds is 6. The molecular weight excluding hydrogens is 517 g/mol. The number of aromatic nitrogens is 3. The maximum Gasteiger partial charge on any atom is 0.364 e. The van der Waals surface area contributed by atoms with E-state index in [2.05, 4.69) is 9.97 Å². The molecule has 0 spiro atoms. The molecule has 0 atom stereocenters. The van der Waals surface area contributed by atoms with E-state index < -0.39 is 25.7 Å². The number of pyridine rings is 1. The highest BCUT2D eigenvalue weighted by Gasteiger charge is 2.27. The summed E-state index contributed by atoms with van der Waals surface area (Å²) >= 11 is 12.9. The molecule has 0 saturated carbocycles. The van der Waals surface area contributed by atoms with E-state index in [1.165, 1.54) is 30.3 Å². The Morgan fingerprint density at radius 3 is 2.21 bits per heavy atom. The van der Waals surface area contributed by atoms with Crippen LogP contribution in [0.1, 0.15) is 0 Å². The lowest BCUT2D eigenvalue weighted by Gasteiger charge is -2.10. The Hall–Kier alpha value is -3.26. The molecule has 0 radical (unpaired) electrons. The summed E-state index contributed by atoms with van der Waals surface area (Å²) in [4.78, 5) is 28.6. The minimum Gasteiger partial charge on any atom is -0.358 e. The molecule has 2 aromatic heterocycles. The van der Waals surface area contributed by atoms with E-state index in [1.807, 2.05) is 0 Å². The highest BCUT2D eigenvalue weighted by Crippen LogP contribution is 2.36. The molecule has 0 unspecified atom stereocenters. The van der Waals surface area contributed by atoms with Gasteiger partial charge >= 0.3 is 5.82 Å². The monoisotopic (exact) mass is 525 g/mol. The van der Waals surface area contributed by atoms with E-state index in [0.717, 1.165) is 40.0 Å². The van der Waals surface area contributed by atoms with E-state index in [9.17, 15) is 28.6 Å². The molecule has 11 nitrogen and oxygen atoms in total. The summed E-state index contributed by atoms with van der Waals surface area (Å²) in [7, 11) is -4.32. The summed E-state index contributed by atoms with van der Waals surface area (Å²) < 4.78 is 27.9. The van der Waals surface area contributed by atoms with Crippen LogP contribution < -0.4 is 0 Å². The van der Waals surface area contributed by atoms with Crippen molar-refractivity contribution in [3.05, 3.63) is 84.9 Å². The first kappa shape index (κ1) is 22.9. The van der Waals surface area contributed by atoms with Crippen LogP contribution in [0.3, 0.4) is 0 Å². The average molecular weight is 526 g/mol. The first-order valence-corrected chi connectivity index (χ1v) is 11.8. The lowest BCUT2D eigenvalue weighted by atomic mass is 10.3. The smallest absolute Gasteiger partial charge is 0.358 e. The number of fused-ring (bicyclic) bond motifs is 1. The molecular formula is C18H9Cl2N5O6S2. The zero-order valence-electron chi connectivity index (χ0n) is 16.0. The molecule has 15 heteroatoms. The Kier molecular flexibility index (Phi) is 5.97. The third-order valence-electron chi connectivity index (χ3n) is 4.30. The van der Waals surface area contributed by atoms with Crippen molar-refractivity contribution in [1.82, 2.24) is 13.9 Å². The Bertz CT molecular complexity index is 1540. The first-order chi connectivity index (χ1) is 15.6. The number of nitro groups is 2. The Morgan fingerprint density at radius 1 is 0.909 bits per heavy atom. The van der Waals surface area contributed by atoms with Gasteiger partial charge in [0, 0.05) is 18.2 Å². The van der Waals surface area contributed by atoms with Crippen LogP contribution in [-0.4, -0.2) is 32.2 Å². The molecule has 2 heterocycles. The molecule has 0 fully saturated rings. The van der Waals surface area contributed by atoms with Crippen molar-refractivity contribution in [1.29, 1.82) is 0 Å². The SMILES string of the molecule is O=[N+]([O-])c1ccc(S(=O)(=O)n2c(Sc3cccc([N+](=O)[O-])n3)nc3cc(Cl)c(Cl)cc32)cc1. The Balaban J connectivity index is 1.92. The zero-order chi connectivity index (χ0) is 23.9. The maximum atomic E-state index is 13.5. The van der Waals surface area contributed by atoms with Gasteiger partial charge in [-0.1, -0.05) is 23.2 Å². The highest BCUT2D eigenvalue weighted by molar-refractivity contribution is 8.00. The van der Waals surface area contributed by atoms with Crippen LogP contribution in [0.25, 0.3) is 11.0 Å². The van der Waals surface area contributed by atoms with Crippen molar-refractivity contribution < 1.29 is 18.3 Å². The van der Waals surface area contributed by atoms with Crippen molar-refractivity contribution in [2.75, 3.05) is 0 Å². The summed E-state index contributed by atoms with van der Waals surface area (Å²) in [6, 6.07) is 11.1. The molecule has 0 saturated heterocycles. The van der Waals surface area contributed by atoms with Crippen molar-refractivity contribution in [2.45, 2.75) is 15.1 Å². The van der Waals surface area contributed by atoms with E-state index >= 15 is 0 Å². The number of halogens is 2. The van der Waals surface area contributed by atoms with Gasteiger partial charge in [0.2, 0.25) is 5.03 Å². The summed E-state index contributed by atoms with van der Waals surface area (Å²) in [5.41, 5.74) is 0.00756. The second-order valence-corrected chi connectivity index (χ2v) is 9.95. The quantitative estimate of drug-likeness (QED) is 0.251. The van der Waals surface area contributed by atoms with Gasteiger partial charge in [0.25, 0.3) is 15.7 Å². The fourth-order valence-corrected chi connectivity index (χ4v) is 5.69. The van der Waals surface area contributed by atoms with Gasteiger partial charge in [0.15, 0.2) is 5.16 Å². The van der Waals surface area contributed by atoms with Gasteiger partial charge in [0.1, 0.15) is 0 Å². The van der Waals surface area contributed by atoms with Gasteiger partial charge < -0.3 is 10.1 Å². The average Bonchev–Trinajstić information content (AvgIpc) is 3.11. The van der Waals surface area contributed by atoms with Crippen LogP contribution in [0.2, 0.25) is 10.0 Å². The zero-order valence-corrected chi connectivity index (χ0v) is 19.1. The molecule has 168 valence electrons. The van der Waals surface area contributed by atoms with E-state index in [0.29, 0.717) is 0 Å². The summed E-state index contributed by atoms with van der Waals surface area (Å²) in [5, 5.41) is 22.2. The molecule has 2 aromatic carbocycles. The van der Waals surface area contributed by atoms with Crippen LogP contribution in [0, 0.1) is 20.2 Å². The number of imidazole rings is 1. The highest BCUT2D eigenvalue weighted by atomic mass is 35.5. The van der Waals surface area contributed by atoms with Crippen molar-refractivity contribution >= 4 is 67.5 Å². The fraction of sp³-hybridized carbons (Fsp3) is 0. The van der Waals surface area contributed by atoms with Crippen molar-refractivity contribution in [2.24, 2.45) is 0 Å². The topological polar surface area (TPSA) is 151 Å². The lowest BCUT2D eigenvalue weighted by molar-refractivity contribution is -0.390. The van der Waals surface area contributed by atoms with E-state index in [-0.39, 0.29) is 41.8 Å². The predicted octanol–water partition coefficient (Wildman–Crippen LogP) is 4.94. The lowest BCUT2D eigenvalue weighted by Crippen LogP contribution is -2.14. The Labute approximate surface area is 199 Å². The second-order valence-electron chi connectivity index (χ2n) is 6.36. The van der Waals surface area contributed by atoms with Gasteiger partial charge in [-0.25, -0.2) is 17.4 Å². The second kappa shape index (κ2) is 8.59. The predicted molar refractivity (Wildman–Crippen MR) is 120 cm³/mol. The molecule has 0 aliphatic rings. The molecule has 0 aliphatic carbocycles. The van der Waals surface area contributed by atoms with Crippen LogP contribution in [0.15, 0.2) is 69.7 Å². The molecule has 0 amide bonds. The number of nitro benzene ring substituents is 1. The van der Waals surface area contributed by atoms with Crippen molar-refractivity contribution in [3.63, 3.8) is 0 Å². The van der Waals surface area contributed by atoms with Gasteiger partial charge in [-0.3, -0.25) is 10.1 Å². The molecule has 4 rings (SSSR count). The summed E-state index contributed by atoms with van der Waals surface area (Å²) in [5.74, 6) is -0.424. The largest absolute Gasteiger partial charge is 0.364 e. The van der Waals surface area contributed by atoms with Gasteiger partial charge in [-0.15, -0.1) is 0 Å². The standard InChI is InChI=1S/C18H9Cl2N5O6S2/c19-12-8-14-15(9-13(12)20)23(33(30,31)11-6-4-10(5-7-11)24(26)27)18(21-14)32-17-3-1-2-16(22-17)25(28)29/h1-9H. The van der Waals surface area contributed by atoms with Crippen LogP contribution in [-0.2, 0) is 10.0 Å². The Morgan fingerprint density at radius 2 is 1.58 bits per heavy atom.